The molecule has 3 aromatic rings. The van der Waals surface area contributed by atoms with Gasteiger partial charge in [0.25, 0.3) is 0 Å². The van der Waals surface area contributed by atoms with Crippen LogP contribution in [0.25, 0.3) is 0 Å². The topological polar surface area (TPSA) is 59.7 Å². The highest BCUT2D eigenvalue weighted by molar-refractivity contribution is 9.10. The molecule has 0 saturated heterocycles. The molecule has 2 N–H and O–H groups in total. The van der Waals surface area contributed by atoms with E-state index in [4.69, 9.17) is 23.8 Å². The minimum atomic E-state index is 0.481. The molecule has 0 aliphatic heterocycles. The Hall–Kier alpha value is -1.42. The van der Waals surface area contributed by atoms with E-state index in [-0.39, 0.29) is 0 Å². The van der Waals surface area contributed by atoms with E-state index in [9.17, 15) is 0 Å². The summed E-state index contributed by atoms with van der Waals surface area (Å²) < 4.78 is 5.48. The third-order valence-electron chi connectivity index (χ3n) is 3.85. The first-order valence-corrected chi connectivity index (χ1v) is 10.6. The van der Waals surface area contributed by atoms with E-state index in [1.165, 1.54) is 0 Å². The summed E-state index contributed by atoms with van der Waals surface area (Å²) in [6, 6.07) is 7.71. The molecule has 0 radical (unpaired) electrons. The number of hydrogen-bond acceptors (Lipinski definition) is 3. The maximum absolute atomic E-state index is 6.22. The summed E-state index contributed by atoms with van der Waals surface area (Å²) in [5.41, 5.74) is 2.03. The van der Waals surface area contributed by atoms with Gasteiger partial charge < -0.3 is 10.6 Å². The minimum Gasteiger partial charge on any atom is -0.357 e. The lowest BCUT2D eigenvalue weighted by atomic mass is 10.2. The Morgan fingerprint density at radius 2 is 2.04 bits per heavy atom. The number of rotatable bonds is 6. The molecule has 0 unspecified atom stereocenters. The van der Waals surface area contributed by atoms with Crippen molar-refractivity contribution in [2.24, 2.45) is 0 Å². The van der Waals surface area contributed by atoms with Gasteiger partial charge in [-0.05, 0) is 62.6 Å². The second kappa shape index (κ2) is 9.18. The molecule has 3 rings (SSSR count). The molecule has 1 aromatic carbocycles. The van der Waals surface area contributed by atoms with Gasteiger partial charge in [-0.25, -0.2) is 0 Å². The van der Waals surface area contributed by atoms with Crippen molar-refractivity contribution in [2.45, 2.75) is 26.6 Å². The van der Waals surface area contributed by atoms with E-state index in [1.54, 1.807) is 10.9 Å². The van der Waals surface area contributed by atoms with Gasteiger partial charge in [0.1, 0.15) is 0 Å². The molecule has 0 atom stereocenters. The van der Waals surface area contributed by atoms with Crippen LogP contribution in [0.15, 0.2) is 45.6 Å². The van der Waals surface area contributed by atoms with E-state index in [0.717, 1.165) is 26.7 Å². The van der Waals surface area contributed by atoms with Gasteiger partial charge >= 0.3 is 0 Å². The van der Waals surface area contributed by atoms with E-state index < -0.39 is 0 Å². The van der Waals surface area contributed by atoms with E-state index in [1.807, 2.05) is 42.1 Å². The number of aromatic nitrogens is 4. The molecule has 27 heavy (non-hydrogen) atoms. The zero-order valence-corrected chi connectivity index (χ0v) is 19.2. The normalized spacial score (nSPS) is 10.8. The summed E-state index contributed by atoms with van der Waals surface area (Å²) in [4.78, 5) is 0. The minimum absolute atomic E-state index is 0.481. The van der Waals surface area contributed by atoms with Crippen LogP contribution in [0.4, 0.5) is 5.82 Å². The summed E-state index contributed by atoms with van der Waals surface area (Å²) in [6.07, 6.45) is 3.67. The Bertz CT molecular complexity index is 955. The van der Waals surface area contributed by atoms with Crippen molar-refractivity contribution >= 4 is 66.6 Å². The van der Waals surface area contributed by atoms with Crippen molar-refractivity contribution in [3.63, 3.8) is 0 Å². The number of nitrogens with one attached hydrogen (secondary N) is 2. The molecule has 2 aromatic heterocycles. The van der Waals surface area contributed by atoms with Crippen LogP contribution in [-0.2, 0) is 19.6 Å². The molecular weight excluding hydrogens is 516 g/mol. The second-order valence-corrected chi connectivity index (χ2v) is 8.20. The van der Waals surface area contributed by atoms with Crippen LogP contribution in [0.5, 0.6) is 0 Å². The summed E-state index contributed by atoms with van der Waals surface area (Å²) in [7, 11) is 0. The standard InChI is InChI=1S/C17H17Br2ClN6S/c1-2-26-15(12(18)7-22-26)8-21-17(27)23-16-13(19)10-25(24-16)9-11-5-3-4-6-14(11)20/h3-7,10H,2,8-9H2,1H3,(H2,21,23,24,27). The van der Waals surface area contributed by atoms with Gasteiger partial charge in [0.05, 0.1) is 33.9 Å². The fraction of sp³-hybridized carbons (Fsp3) is 0.235. The van der Waals surface area contributed by atoms with Crippen LogP contribution in [-0.4, -0.2) is 24.7 Å². The number of benzene rings is 1. The first-order chi connectivity index (χ1) is 13.0. The molecule has 0 bridgehead atoms. The van der Waals surface area contributed by atoms with Crippen LogP contribution in [0.3, 0.4) is 0 Å². The number of anilines is 1. The molecule has 0 aliphatic carbocycles. The summed E-state index contributed by atoms with van der Waals surface area (Å²) in [5, 5.41) is 16.3. The van der Waals surface area contributed by atoms with Gasteiger partial charge in [-0.3, -0.25) is 9.36 Å². The van der Waals surface area contributed by atoms with Gasteiger partial charge in [0, 0.05) is 17.8 Å². The second-order valence-electron chi connectivity index (χ2n) is 5.68. The number of nitrogens with zero attached hydrogens (tertiary/aromatic N) is 4. The molecule has 0 fully saturated rings. The number of hydrogen-bond donors (Lipinski definition) is 2. The zero-order valence-electron chi connectivity index (χ0n) is 14.4. The smallest absolute Gasteiger partial charge is 0.172 e. The Balaban J connectivity index is 1.62. The quantitative estimate of drug-likeness (QED) is 0.446. The number of aryl methyl sites for hydroxylation is 1. The number of thiocarbonyl (C=S) groups is 1. The average Bonchev–Trinajstić information content (AvgIpc) is 3.17. The first kappa shape index (κ1) is 20.3. The highest BCUT2D eigenvalue weighted by atomic mass is 79.9. The van der Waals surface area contributed by atoms with Gasteiger partial charge in [-0.15, -0.1) is 0 Å². The van der Waals surface area contributed by atoms with Crippen LogP contribution < -0.4 is 10.6 Å². The van der Waals surface area contributed by atoms with E-state index in [0.29, 0.717) is 29.0 Å². The van der Waals surface area contributed by atoms with Crippen molar-refractivity contribution in [3.05, 3.63) is 61.9 Å². The molecule has 0 saturated carbocycles. The van der Waals surface area contributed by atoms with E-state index >= 15 is 0 Å². The van der Waals surface area contributed by atoms with Gasteiger partial charge in [-0.2, -0.15) is 10.2 Å². The maximum Gasteiger partial charge on any atom is 0.172 e. The Morgan fingerprint density at radius 1 is 1.26 bits per heavy atom. The molecule has 10 heteroatoms. The van der Waals surface area contributed by atoms with Crippen LogP contribution in [0, 0.1) is 0 Å². The Kier molecular flexibility index (Phi) is 6.91. The monoisotopic (exact) mass is 530 g/mol. The molecule has 2 heterocycles. The fourth-order valence-electron chi connectivity index (χ4n) is 2.52. The predicted molar refractivity (Wildman–Crippen MR) is 119 cm³/mol. The van der Waals surface area contributed by atoms with Crippen molar-refractivity contribution in [1.29, 1.82) is 0 Å². The number of halogens is 3. The lowest BCUT2D eigenvalue weighted by Gasteiger charge is -2.10. The molecule has 6 nitrogen and oxygen atoms in total. The van der Waals surface area contributed by atoms with Gasteiger partial charge in [-0.1, -0.05) is 29.8 Å². The highest BCUT2D eigenvalue weighted by Gasteiger charge is 2.11. The van der Waals surface area contributed by atoms with Crippen molar-refractivity contribution < 1.29 is 0 Å². The highest BCUT2D eigenvalue weighted by Crippen LogP contribution is 2.22. The van der Waals surface area contributed by atoms with Crippen molar-refractivity contribution in [2.75, 3.05) is 5.32 Å². The Morgan fingerprint density at radius 3 is 2.78 bits per heavy atom. The zero-order chi connectivity index (χ0) is 19.4. The third kappa shape index (κ3) is 5.10. The first-order valence-electron chi connectivity index (χ1n) is 8.19. The fourth-order valence-corrected chi connectivity index (χ4v) is 3.73. The SMILES string of the molecule is CCn1ncc(Br)c1CNC(=S)Nc1nn(Cc2ccccc2Cl)cc1Br. The molecule has 0 amide bonds. The van der Waals surface area contributed by atoms with Gasteiger partial charge in [0.2, 0.25) is 0 Å². The van der Waals surface area contributed by atoms with Crippen LogP contribution in [0.2, 0.25) is 5.02 Å². The van der Waals surface area contributed by atoms with Crippen molar-refractivity contribution in [1.82, 2.24) is 24.9 Å². The molecule has 0 spiro atoms. The molecule has 142 valence electrons. The maximum atomic E-state index is 6.22. The lowest BCUT2D eigenvalue weighted by molar-refractivity contribution is 0.613. The van der Waals surface area contributed by atoms with Crippen LogP contribution in [0.1, 0.15) is 18.2 Å². The summed E-state index contributed by atoms with van der Waals surface area (Å²) in [6.45, 7) is 3.96. The van der Waals surface area contributed by atoms with Crippen LogP contribution >= 0.6 is 55.7 Å². The molecular formula is C17H17Br2ClN6S. The average molecular weight is 533 g/mol. The Labute approximate surface area is 184 Å². The van der Waals surface area contributed by atoms with Gasteiger partial charge in [0.15, 0.2) is 10.9 Å². The largest absolute Gasteiger partial charge is 0.357 e. The third-order valence-corrected chi connectivity index (χ3v) is 5.71. The molecule has 0 aliphatic rings. The predicted octanol–water partition coefficient (Wildman–Crippen LogP) is 4.81. The summed E-state index contributed by atoms with van der Waals surface area (Å²) >= 11 is 18.6. The van der Waals surface area contributed by atoms with E-state index in [2.05, 4.69) is 52.7 Å². The summed E-state index contributed by atoms with van der Waals surface area (Å²) in [5.74, 6) is 0.641. The lowest BCUT2D eigenvalue weighted by Crippen LogP contribution is -2.29. The van der Waals surface area contributed by atoms with Crippen molar-refractivity contribution in [3.8, 4) is 0 Å².